The average molecular weight is 331 g/mol. The molecule has 1 atom stereocenters. The summed E-state index contributed by atoms with van der Waals surface area (Å²) in [5.41, 5.74) is 0. The summed E-state index contributed by atoms with van der Waals surface area (Å²) in [6.07, 6.45) is -4.91. The van der Waals surface area contributed by atoms with Crippen LogP contribution in [0.3, 0.4) is 0 Å². The van der Waals surface area contributed by atoms with Crippen molar-refractivity contribution in [3.63, 3.8) is 0 Å². The number of alkyl halides is 3. The Morgan fingerprint density at radius 1 is 1.38 bits per heavy atom. The van der Waals surface area contributed by atoms with E-state index in [-0.39, 0.29) is 19.7 Å². The zero-order valence-electron chi connectivity index (χ0n) is 11.9. The molecule has 0 spiro atoms. The van der Waals surface area contributed by atoms with Crippen LogP contribution in [0.5, 0.6) is 0 Å². The molecule has 1 aliphatic heterocycles. The van der Waals surface area contributed by atoms with Gasteiger partial charge in [-0.25, -0.2) is 12.7 Å². The highest BCUT2D eigenvalue weighted by Crippen LogP contribution is 2.24. The van der Waals surface area contributed by atoms with Crippen LogP contribution >= 0.6 is 0 Å². The SMILES string of the molecule is CCOC(=O)C1CCCN(S(=O)(=O)CCCC(F)(F)F)C1. The van der Waals surface area contributed by atoms with Crippen molar-refractivity contribution >= 4 is 16.0 Å². The number of sulfonamides is 1. The number of hydrogen-bond donors (Lipinski definition) is 0. The molecule has 21 heavy (non-hydrogen) atoms. The van der Waals surface area contributed by atoms with Gasteiger partial charge < -0.3 is 4.74 Å². The first-order valence-electron chi connectivity index (χ1n) is 6.87. The van der Waals surface area contributed by atoms with Crippen molar-refractivity contribution in [3.8, 4) is 0 Å². The normalized spacial score (nSPS) is 21.2. The fraction of sp³-hybridized carbons (Fsp3) is 0.917. The summed E-state index contributed by atoms with van der Waals surface area (Å²) in [5, 5.41) is 0. The van der Waals surface area contributed by atoms with Gasteiger partial charge in [-0.3, -0.25) is 4.79 Å². The molecule has 0 amide bonds. The molecule has 124 valence electrons. The van der Waals surface area contributed by atoms with E-state index >= 15 is 0 Å². The van der Waals surface area contributed by atoms with Gasteiger partial charge in [0.15, 0.2) is 0 Å². The number of hydrogen-bond acceptors (Lipinski definition) is 4. The number of carbonyl (C=O) groups excluding carboxylic acids is 1. The van der Waals surface area contributed by atoms with Gasteiger partial charge >= 0.3 is 12.1 Å². The van der Waals surface area contributed by atoms with Gasteiger partial charge in [0, 0.05) is 19.5 Å². The van der Waals surface area contributed by atoms with E-state index in [4.69, 9.17) is 4.74 Å². The Morgan fingerprint density at radius 3 is 2.62 bits per heavy atom. The number of piperidine rings is 1. The Morgan fingerprint density at radius 2 is 2.05 bits per heavy atom. The lowest BCUT2D eigenvalue weighted by atomic mass is 10.0. The number of ether oxygens (including phenoxy) is 1. The zero-order valence-corrected chi connectivity index (χ0v) is 12.7. The maximum absolute atomic E-state index is 12.1. The summed E-state index contributed by atoms with van der Waals surface area (Å²) in [6.45, 7) is 2.11. The Labute approximate surface area is 122 Å². The van der Waals surface area contributed by atoms with Crippen molar-refractivity contribution in [2.75, 3.05) is 25.4 Å². The molecule has 0 aromatic carbocycles. The smallest absolute Gasteiger partial charge is 0.389 e. The average Bonchev–Trinajstić information content (AvgIpc) is 2.37. The van der Waals surface area contributed by atoms with Gasteiger partial charge in [-0.15, -0.1) is 0 Å². The van der Waals surface area contributed by atoms with Gasteiger partial charge in [0.25, 0.3) is 0 Å². The molecule has 9 heteroatoms. The molecule has 0 aromatic heterocycles. The monoisotopic (exact) mass is 331 g/mol. The predicted molar refractivity (Wildman–Crippen MR) is 70.0 cm³/mol. The van der Waals surface area contributed by atoms with Crippen LogP contribution in [0.1, 0.15) is 32.6 Å². The molecule has 1 heterocycles. The van der Waals surface area contributed by atoms with Crippen molar-refractivity contribution in [2.45, 2.75) is 38.8 Å². The van der Waals surface area contributed by atoms with E-state index in [9.17, 15) is 26.4 Å². The fourth-order valence-electron chi connectivity index (χ4n) is 2.23. The molecule has 0 aliphatic carbocycles. The van der Waals surface area contributed by atoms with Crippen LogP contribution in [0.4, 0.5) is 13.2 Å². The minimum atomic E-state index is -4.36. The number of carbonyl (C=O) groups is 1. The third-order valence-corrected chi connectivity index (χ3v) is 5.18. The molecule has 1 aliphatic rings. The Kier molecular flexibility index (Phi) is 6.45. The summed E-state index contributed by atoms with van der Waals surface area (Å²) in [4.78, 5) is 11.6. The quantitative estimate of drug-likeness (QED) is 0.698. The Bertz CT molecular complexity index is 450. The maximum Gasteiger partial charge on any atom is 0.389 e. The summed E-state index contributed by atoms with van der Waals surface area (Å²) in [5.74, 6) is -1.54. The molecule has 0 radical (unpaired) electrons. The second kappa shape index (κ2) is 7.44. The van der Waals surface area contributed by atoms with E-state index in [1.165, 1.54) is 0 Å². The maximum atomic E-state index is 12.1. The molecule has 0 saturated carbocycles. The molecule has 1 unspecified atom stereocenters. The largest absolute Gasteiger partial charge is 0.466 e. The first kappa shape index (κ1) is 18.2. The van der Waals surface area contributed by atoms with Gasteiger partial charge in [-0.1, -0.05) is 0 Å². The lowest BCUT2D eigenvalue weighted by molar-refractivity contribution is -0.149. The molecule has 1 fully saturated rings. The minimum absolute atomic E-state index is 0.00676. The zero-order chi connectivity index (χ0) is 16.1. The van der Waals surface area contributed by atoms with Crippen LogP contribution in [0.25, 0.3) is 0 Å². The number of rotatable bonds is 6. The van der Waals surface area contributed by atoms with Crippen LogP contribution in [-0.2, 0) is 19.6 Å². The molecular weight excluding hydrogens is 311 g/mol. The lowest BCUT2D eigenvalue weighted by Crippen LogP contribution is -2.43. The van der Waals surface area contributed by atoms with Crippen molar-refractivity contribution in [1.82, 2.24) is 4.31 Å². The molecule has 1 saturated heterocycles. The van der Waals surface area contributed by atoms with Crippen LogP contribution in [0, 0.1) is 5.92 Å². The van der Waals surface area contributed by atoms with Crippen LogP contribution < -0.4 is 0 Å². The first-order chi connectivity index (χ1) is 9.65. The minimum Gasteiger partial charge on any atom is -0.466 e. The molecule has 5 nitrogen and oxygen atoms in total. The predicted octanol–water partition coefficient (Wildman–Crippen LogP) is 1.93. The van der Waals surface area contributed by atoms with Gasteiger partial charge in [-0.2, -0.15) is 13.2 Å². The highest BCUT2D eigenvalue weighted by Gasteiger charge is 2.34. The van der Waals surface area contributed by atoms with Gasteiger partial charge in [0.05, 0.1) is 18.3 Å². The number of nitrogens with zero attached hydrogens (tertiary/aromatic N) is 1. The first-order valence-corrected chi connectivity index (χ1v) is 8.48. The fourth-order valence-corrected chi connectivity index (χ4v) is 3.81. The van der Waals surface area contributed by atoms with E-state index in [2.05, 4.69) is 0 Å². The Hall–Kier alpha value is -0.830. The lowest BCUT2D eigenvalue weighted by Gasteiger charge is -2.30. The van der Waals surface area contributed by atoms with Gasteiger partial charge in [-0.05, 0) is 26.2 Å². The van der Waals surface area contributed by atoms with E-state index in [1.54, 1.807) is 6.92 Å². The highest BCUT2D eigenvalue weighted by atomic mass is 32.2. The summed E-state index contributed by atoms with van der Waals surface area (Å²) < 4.78 is 66.1. The van der Waals surface area contributed by atoms with Crippen LogP contribution in [0.2, 0.25) is 0 Å². The summed E-state index contributed by atoms with van der Waals surface area (Å²) in [7, 11) is -3.76. The van der Waals surface area contributed by atoms with E-state index in [0.717, 1.165) is 4.31 Å². The summed E-state index contributed by atoms with van der Waals surface area (Å²) >= 11 is 0. The van der Waals surface area contributed by atoms with Gasteiger partial charge in [0.2, 0.25) is 10.0 Å². The van der Waals surface area contributed by atoms with Crippen molar-refractivity contribution in [1.29, 1.82) is 0 Å². The van der Waals surface area contributed by atoms with E-state index in [1.807, 2.05) is 0 Å². The second-order valence-electron chi connectivity index (χ2n) is 4.98. The topological polar surface area (TPSA) is 63.7 Å². The van der Waals surface area contributed by atoms with Crippen LogP contribution in [0.15, 0.2) is 0 Å². The molecule has 0 N–H and O–H groups in total. The van der Waals surface area contributed by atoms with Crippen molar-refractivity contribution in [2.24, 2.45) is 5.92 Å². The molecular formula is C12H20F3NO4S. The molecule has 0 bridgehead atoms. The Balaban J connectivity index is 2.56. The summed E-state index contributed by atoms with van der Waals surface area (Å²) in [6, 6.07) is 0. The van der Waals surface area contributed by atoms with Crippen LogP contribution in [-0.4, -0.2) is 50.3 Å². The molecule has 1 rings (SSSR count). The van der Waals surface area contributed by atoms with Crippen molar-refractivity contribution < 1.29 is 31.1 Å². The third kappa shape index (κ3) is 6.21. The number of esters is 1. The second-order valence-corrected chi connectivity index (χ2v) is 7.07. The number of halogens is 3. The molecule has 0 aromatic rings. The highest BCUT2D eigenvalue weighted by molar-refractivity contribution is 7.89. The van der Waals surface area contributed by atoms with E-state index < -0.39 is 46.7 Å². The third-order valence-electron chi connectivity index (χ3n) is 3.26. The van der Waals surface area contributed by atoms with Crippen molar-refractivity contribution in [3.05, 3.63) is 0 Å². The van der Waals surface area contributed by atoms with E-state index in [0.29, 0.717) is 12.8 Å². The standard InChI is InChI=1S/C12H20F3NO4S/c1-2-20-11(17)10-5-3-7-16(9-10)21(18,19)8-4-6-12(13,14)15/h10H,2-9H2,1H3. The van der Waals surface area contributed by atoms with Gasteiger partial charge in [0.1, 0.15) is 0 Å².